The maximum atomic E-state index is 13.4. The summed E-state index contributed by atoms with van der Waals surface area (Å²) in [5.41, 5.74) is 0.523. The minimum absolute atomic E-state index is 0.134. The van der Waals surface area contributed by atoms with E-state index < -0.39 is 11.0 Å². The van der Waals surface area contributed by atoms with Crippen molar-refractivity contribution in [2.45, 2.75) is 39.2 Å². The van der Waals surface area contributed by atoms with Gasteiger partial charge in [-0.2, -0.15) is 0 Å². The minimum Gasteiger partial charge on any atom is -0.328 e. The second kappa shape index (κ2) is 9.51. The summed E-state index contributed by atoms with van der Waals surface area (Å²) in [6.07, 6.45) is 2.18. The predicted octanol–water partition coefficient (Wildman–Crippen LogP) is 4.24. The zero-order valence-electron chi connectivity index (χ0n) is 17.9. The normalized spacial score (nSPS) is 12.0. The fourth-order valence-corrected chi connectivity index (χ4v) is 3.72. The Bertz CT molecular complexity index is 1170. The number of hydrogen-bond acceptors (Lipinski definition) is 5. The minimum atomic E-state index is -0.515. The number of unbranched alkanes of at least 4 members (excludes halogenated alkanes) is 1. The Morgan fingerprint density at radius 2 is 1.94 bits per heavy atom. The highest BCUT2D eigenvalue weighted by Crippen LogP contribution is 2.26. The van der Waals surface area contributed by atoms with E-state index in [1.807, 2.05) is 19.9 Å². The monoisotopic (exact) mass is 422 g/mol. The van der Waals surface area contributed by atoms with Crippen molar-refractivity contribution in [3.63, 3.8) is 0 Å². The molecule has 1 unspecified atom stereocenters. The average molecular weight is 422 g/mol. The van der Waals surface area contributed by atoms with Crippen molar-refractivity contribution in [3.8, 4) is 0 Å². The Labute approximate surface area is 180 Å². The highest BCUT2D eigenvalue weighted by Gasteiger charge is 2.28. The van der Waals surface area contributed by atoms with Gasteiger partial charge in [-0.3, -0.25) is 24.3 Å². The third-order valence-electron chi connectivity index (χ3n) is 5.40. The quantitative estimate of drug-likeness (QED) is 0.399. The summed E-state index contributed by atoms with van der Waals surface area (Å²) in [7, 11) is 1.66. The number of rotatable bonds is 8. The highest BCUT2D eigenvalue weighted by atomic mass is 16.6. The average Bonchev–Trinajstić information content (AvgIpc) is 2.79. The van der Waals surface area contributed by atoms with Crippen LogP contribution < -0.4 is 5.56 Å². The van der Waals surface area contributed by atoms with E-state index in [2.05, 4.69) is 0 Å². The van der Waals surface area contributed by atoms with Crippen molar-refractivity contribution in [1.29, 1.82) is 0 Å². The SMILES string of the molecule is CCCCN(C(=O)c1cccc([N+](=O)[O-])c1)C(CC)c1nc2ccccc2c(=O)n1C. The summed E-state index contributed by atoms with van der Waals surface area (Å²) in [5.74, 6) is 0.187. The number of benzene rings is 2. The summed E-state index contributed by atoms with van der Waals surface area (Å²) in [6.45, 7) is 4.42. The van der Waals surface area contributed by atoms with Gasteiger partial charge in [0.2, 0.25) is 0 Å². The molecular formula is C23H26N4O4. The van der Waals surface area contributed by atoms with Crippen LogP contribution in [0.15, 0.2) is 53.3 Å². The van der Waals surface area contributed by atoms with Gasteiger partial charge >= 0.3 is 0 Å². The van der Waals surface area contributed by atoms with E-state index in [1.54, 1.807) is 36.2 Å². The fourth-order valence-electron chi connectivity index (χ4n) is 3.72. The third kappa shape index (κ3) is 4.47. The molecule has 1 amide bonds. The van der Waals surface area contributed by atoms with Crippen LogP contribution in [0, 0.1) is 10.1 Å². The lowest BCUT2D eigenvalue weighted by atomic mass is 10.1. The molecule has 0 fully saturated rings. The molecule has 31 heavy (non-hydrogen) atoms. The van der Waals surface area contributed by atoms with Crippen molar-refractivity contribution < 1.29 is 9.72 Å². The molecule has 0 saturated carbocycles. The van der Waals surface area contributed by atoms with Gasteiger partial charge in [-0.25, -0.2) is 4.98 Å². The van der Waals surface area contributed by atoms with Crippen LogP contribution in [0.5, 0.6) is 0 Å². The number of non-ortho nitro benzene ring substituents is 1. The standard InChI is InChI=1S/C23H26N4O4/c1-4-6-14-26(22(28)16-10-9-11-17(15-16)27(30)31)20(5-2)21-24-19-13-8-7-12-18(19)23(29)25(21)3/h7-13,15,20H,4-6,14H2,1-3H3. The van der Waals surface area contributed by atoms with Crippen LogP contribution >= 0.6 is 0 Å². The summed E-state index contributed by atoms with van der Waals surface area (Å²) < 4.78 is 1.50. The Morgan fingerprint density at radius 1 is 1.19 bits per heavy atom. The number of fused-ring (bicyclic) bond motifs is 1. The fraction of sp³-hybridized carbons (Fsp3) is 0.348. The molecule has 8 nitrogen and oxygen atoms in total. The number of para-hydroxylation sites is 1. The molecule has 0 saturated heterocycles. The van der Waals surface area contributed by atoms with Crippen LogP contribution in [0.25, 0.3) is 10.9 Å². The van der Waals surface area contributed by atoms with Crippen molar-refractivity contribution >= 4 is 22.5 Å². The lowest BCUT2D eigenvalue weighted by molar-refractivity contribution is -0.384. The summed E-state index contributed by atoms with van der Waals surface area (Å²) >= 11 is 0. The number of nitrogens with zero attached hydrogens (tertiary/aromatic N) is 4. The molecule has 3 aromatic rings. The molecule has 0 radical (unpaired) electrons. The molecule has 0 aliphatic heterocycles. The number of nitro benzene ring substituents is 1. The summed E-state index contributed by atoms with van der Waals surface area (Å²) in [6, 6.07) is 12.4. The summed E-state index contributed by atoms with van der Waals surface area (Å²) in [4.78, 5) is 43.4. The van der Waals surface area contributed by atoms with E-state index in [1.165, 1.54) is 22.8 Å². The number of aromatic nitrogens is 2. The van der Waals surface area contributed by atoms with Gasteiger partial charge in [0.1, 0.15) is 5.82 Å². The van der Waals surface area contributed by atoms with Gasteiger partial charge in [-0.15, -0.1) is 0 Å². The Balaban J connectivity index is 2.10. The van der Waals surface area contributed by atoms with E-state index >= 15 is 0 Å². The molecule has 0 spiro atoms. The molecule has 0 aliphatic carbocycles. The zero-order chi connectivity index (χ0) is 22.5. The van der Waals surface area contributed by atoms with Gasteiger partial charge in [0.25, 0.3) is 17.2 Å². The van der Waals surface area contributed by atoms with Crippen LogP contribution in [-0.2, 0) is 7.05 Å². The van der Waals surface area contributed by atoms with E-state index in [9.17, 15) is 19.7 Å². The molecular weight excluding hydrogens is 396 g/mol. The molecule has 0 aliphatic rings. The van der Waals surface area contributed by atoms with Crippen LogP contribution in [-0.4, -0.2) is 31.8 Å². The maximum absolute atomic E-state index is 13.4. The molecule has 1 aromatic heterocycles. The largest absolute Gasteiger partial charge is 0.328 e. The Hall–Kier alpha value is -3.55. The molecule has 1 heterocycles. The Kier molecular flexibility index (Phi) is 6.79. The predicted molar refractivity (Wildman–Crippen MR) is 119 cm³/mol. The van der Waals surface area contributed by atoms with Gasteiger partial charge in [-0.1, -0.05) is 38.5 Å². The van der Waals surface area contributed by atoms with E-state index in [-0.39, 0.29) is 22.7 Å². The lowest BCUT2D eigenvalue weighted by Gasteiger charge is -2.32. The molecule has 8 heteroatoms. The zero-order valence-corrected chi connectivity index (χ0v) is 17.9. The molecule has 3 rings (SSSR count). The first-order valence-electron chi connectivity index (χ1n) is 10.4. The smallest absolute Gasteiger partial charge is 0.270 e. The van der Waals surface area contributed by atoms with Crippen LogP contribution in [0.2, 0.25) is 0 Å². The second-order valence-corrected chi connectivity index (χ2v) is 7.43. The third-order valence-corrected chi connectivity index (χ3v) is 5.40. The molecule has 0 N–H and O–H groups in total. The van der Waals surface area contributed by atoms with Crippen LogP contribution in [0.3, 0.4) is 0 Å². The first-order chi connectivity index (χ1) is 14.9. The van der Waals surface area contributed by atoms with Gasteiger partial charge in [0, 0.05) is 31.3 Å². The highest BCUT2D eigenvalue weighted by molar-refractivity contribution is 5.95. The van der Waals surface area contributed by atoms with Crippen LogP contribution in [0.4, 0.5) is 5.69 Å². The van der Waals surface area contributed by atoms with Crippen molar-refractivity contribution in [2.75, 3.05) is 6.54 Å². The Morgan fingerprint density at radius 3 is 2.61 bits per heavy atom. The molecule has 162 valence electrons. The van der Waals surface area contributed by atoms with Crippen molar-refractivity contribution in [2.24, 2.45) is 7.05 Å². The number of hydrogen-bond donors (Lipinski definition) is 0. The maximum Gasteiger partial charge on any atom is 0.270 e. The van der Waals surface area contributed by atoms with Crippen LogP contribution in [0.1, 0.15) is 55.3 Å². The lowest BCUT2D eigenvalue weighted by Crippen LogP contribution is -2.39. The van der Waals surface area contributed by atoms with Gasteiger partial charge < -0.3 is 4.90 Å². The van der Waals surface area contributed by atoms with Gasteiger partial charge in [0.05, 0.1) is 21.9 Å². The summed E-state index contributed by atoms with van der Waals surface area (Å²) in [5, 5.41) is 11.7. The van der Waals surface area contributed by atoms with Gasteiger partial charge in [-0.05, 0) is 31.0 Å². The number of nitro groups is 1. The number of carbonyl (C=O) groups excluding carboxylic acids is 1. The van der Waals surface area contributed by atoms with E-state index in [4.69, 9.17) is 4.98 Å². The molecule has 2 aromatic carbocycles. The van der Waals surface area contributed by atoms with E-state index in [0.717, 1.165) is 12.8 Å². The molecule has 1 atom stereocenters. The van der Waals surface area contributed by atoms with E-state index in [0.29, 0.717) is 29.7 Å². The number of amides is 1. The molecule has 0 bridgehead atoms. The number of carbonyl (C=O) groups is 1. The first kappa shape index (κ1) is 22.1. The second-order valence-electron chi connectivity index (χ2n) is 7.43. The van der Waals surface area contributed by atoms with Crippen molar-refractivity contribution in [3.05, 3.63) is 80.4 Å². The van der Waals surface area contributed by atoms with Gasteiger partial charge in [0.15, 0.2) is 0 Å². The van der Waals surface area contributed by atoms with Crippen molar-refractivity contribution in [1.82, 2.24) is 14.5 Å². The topological polar surface area (TPSA) is 98.3 Å². The first-order valence-corrected chi connectivity index (χ1v) is 10.4.